The molecule has 0 saturated carbocycles. The summed E-state index contributed by atoms with van der Waals surface area (Å²) in [5, 5.41) is 24.0. The van der Waals surface area contributed by atoms with Crippen LogP contribution < -0.4 is 28.4 Å². The number of nitrogens with one attached hydrogen (secondary N) is 2. The normalized spacial score (nSPS) is 13.2. The Morgan fingerprint density at radius 2 is 0.373 bits per heavy atom. The Morgan fingerprint density at radius 3 is 0.530 bits per heavy atom. The maximum absolute atomic E-state index is 10.9. The Labute approximate surface area is 794 Å². The zero-order valence-corrected chi connectivity index (χ0v) is 84.7. The van der Waals surface area contributed by atoms with Crippen LogP contribution in [0.5, 0.6) is 69.0 Å². The number of fused-ring (bicyclic) bond motifs is 20. The van der Waals surface area contributed by atoms with Crippen molar-refractivity contribution in [1.29, 1.82) is 10.5 Å². The quantitative estimate of drug-likeness (QED) is 0.0576. The largest absolute Gasteiger partial charge is 0.453 e. The van der Waals surface area contributed by atoms with Crippen LogP contribution in [-0.4, -0.2) is 39.9 Å². The molecule has 3 aromatic heterocycles. The van der Waals surface area contributed by atoms with Crippen molar-refractivity contribution in [3.63, 3.8) is 0 Å². The molecule has 0 unspecified atom stereocenters. The van der Waals surface area contributed by atoms with Crippen molar-refractivity contribution in [1.82, 2.24) is 39.9 Å². The first-order chi connectivity index (χ1) is 62.3. The maximum Gasteiger partial charge on any atom is 0.170 e. The van der Waals surface area contributed by atoms with Gasteiger partial charge in [-0.1, -0.05) is 281 Å². The summed E-state index contributed by atoms with van der Waals surface area (Å²) in [6.45, 7) is 68.5. The van der Waals surface area contributed by atoms with E-state index in [9.17, 15) is 10.5 Å². The first-order valence-corrected chi connectivity index (χ1v) is 47.4. The van der Waals surface area contributed by atoms with Crippen molar-refractivity contribution < 1.29 is 28.4 Å². The molecule has 5 heterocycles. The average molecular weight is 1790 g/mol. The summed E-state index contributed by atoms with van der Waals surface area (Å²) in [6.07, 6.45) is 5.75. The van der Waals surface area contributed by atoms with Crippen molar-refractivity contribution in [2.24, 2.45) is 32.5 Å². The number of aromatic nitrogens is 8. The van der Waals surface area contributed by atoms with Gasteiger partial charge in [-0.3, -0.25) is 0 Å². The molecule has 10 aromatic carbocycles. The third kappa shape index (κ3) is 22.0. The van der Waals surface area contributed by atoms with Gasteiger partial charge in [-0.2, -0.15) is 10.5 Å². The molecule has 13 aromatic rings. The Bertz CT molecular complexity index is 6480. The fourth-order valence-electron chi connectivity index (χ4n) is 21.7. The molecule has 2 aliphatic rings. The third-order valence-electron chi connectivity index (χ3n) is 25.4. The zero-order chi connectivity index (χ0) is 97.0. The first-order valence-electron chi connectivity index (χ1n) is 47.4. The van der Waals surface area contributed by atoms with E-state index < -0.39 is 0 Å². The first kappa shape index (κ1) is 95.9. The van der Waals surface area contributed by atoms with Gasteiger partial charge in [0.15, 0.2) is 57.8 Å². The van der Waals surface area contributed by atoms with Crippen LogP contribution in [0.3, 0.4) is 0 Å². The molecule has 8 bridgehead atoms. The summed E-state index contributed by atoms with van der Waals surface area (Å²) in [7, 11) is 0. The van der Waals surface area contributed by atoms with Gasteiger partial charge in [0.2, 0.25) is 0 Å². The van der Waals surface area contributed by atoms with E-state index in [0.29, 0.717) is 124 Å². The molecule has 2 aliphatic heterocycles. The van der Waals surface area contributed by atoms with E-state index in [2.05, 4.69) is 303 Å². The fourth-order valence-corrected chi connectivity index (χ4v) is 21.7. The molecule has 134 heavy (non-hydrogen) atoms. The number of aromatic amines is 2. The molecular weight excluding hydrogens is 1650 g/mol. The lowest BCUT2D eigenvalue weighted by Gasteiger charge is -2.33. The third-order valence-corrected chi connectivity index (χ3v) is 25.4. The Kier molecular flexibility index (Phi) is 25.0. The van der Waals surface area contributed by atoms with Gasteiger partial charge in [0, 0.05) is 43.8 Å². The molecule has 16 nitrogen and oxygen atoms in total. The summed E-state index contributed by atoms with van der Waals surface area (Å²) in [5.74, 6) is 6.74. The van der Waals surface area contributed by atoms with Gasteiger partial charge in [-0.25, -0.2) is 29.9 Å². The highest BCUT2D eigenvalue weighted by molar-refractivity contribution is 6.08. The van der Waals surface area contributed by atoms with Crippen molar-refractivity contribution >= 4 is 44.1 Å². The molecule has 0 aliphatic carbocycles. The van der Waals surface area contributed by atoms with Crippen LogP contribution in [0.2, 0.25) is 0 Å². The van der Waals surface area contributed by atoms with Crippen LogP contribution >= 0.6 is 0 Å². The van der Waals surface area contributed by atoms with Crippen molar-refractivity contribution in [2.45, 2.75) is 279 Å². The van der Waals surface area contributed by atoms with Crippen LogP contribution in [0, 0.1) is 55.2 Å². The zero-order valence-electron chi connectivity index (χ0n) is 84.7. The van der Waals surface area contributed by atoms with Gasteiger partial charge in [0.1, 0.15) is 69.2 Å². The summed E-state index contributed by atoms with van der Waals surface area (Å²) < 4.78 is 43.2. The van der Waals surface area contributed by atoms with Crippen LogP contribution in [0.4, 0.5) is 0 Å². The predicted octanol–water partition coefficient (Wildman–Crippen LogP) is 33.6. The van der Waals surface area contributed by atoms with Crippen LogP contribution in [0.25, 0.3) is 89.7 Å². The topological polar surface area (TPSA) is 212 Å². The summed E-state index contributed by atoms with van der Waals surface area (Å²) in [4.78, 5) is 40.9. The van der Waals surface area contributed by atoms with Gasteiger partial charge >= 0.3 is 0 Å². The van der Waals surface area contributed by atoms with E-state index in [1.807, 2.05) is 109 Å². The van der Waals surface area contributed by atoms with Gasteiger partial charge in [0.05, 0.1) is 11.1 Å². The SMILES string of the molecule is CC(C)(C)CC(C)(C)c1ccc(Oc2cc3c(cc2Oc2ccc(C(C)(C)CC(C)(C)C)cc2)-c2nc-3nc3[nH]c(nc4nc(nc5[nH]c(n2)c2cc(Oc6ccc(C(C)(C)CC(C)(C)C)cc6)c(Oc6ccc(C(C)(C)CC(C)(C)C)cc6)cc52)-c2cc(Oc5ccc(C(C)(C)CC(C)(C)C)cc5)c(Oc5ccc(C(C)(C)CC(C)(C)C)cc5)cc2-4)c2cc(C#N)c(C#N)cc32)cc1. The lowest BCUT2D eigenvalue weighted by atomic mass is 9.72. The Balaban J connectivity index is 1.02. The second-order valence-electron chi connectivity index (χ2n) is 48.8. The molecule has 2 N–H and O–H groups in total. The number of rotatable bonds is 24. The van der Waals surface area contributed by atoms with Gasteiger partial charge in [-0.05, 0) is 258 Å². The van der Waals surface area contributed by atoms with Crippen LogP contribution in [0.15, 0.2) is 194 Å². The average Bonchev–Trinajstić information content (AvgIpc) is 1.63. The minimum absolute atomic E-state index is 0.0734. The lowest BCUT2D eigenvalue weighted by molar-refractivity contribution is 0.283. The second-order valence-corrected chi connectivity index (χ2v) is 48.8. The minimum atomic E-state index is -0.149. The molecule has 15 rings (SSSR count). The Hall–Kier alpha value is -12.7. The number of H-pyrrole nitrogens is 2. The van der Waals surface area contributed by atoms with Gasteiger partial charge < -0.3 is 38.4 Å². The molecular formula is C118H136N10O6. The molecule has 0 amide bonds. The van der Waals surface area contributed by atoms with E-state index >= 15 is 0 Å². The van der Waals surface area contributed by atoms with Gasteiger partial charge in [-0.15, -0.1) is 0 Å². The minimum Gasteiger partial charge on any atom is -0.453 e. The van der Waals surface area contributed by atoms with E-state index in [4.69, 9.17) is 58.3 Å². The number of nitrogens with zero attached hydrogens (tertiary/aromatic N) is 8. The number of nitriles is 2. The van der Waals surface area contributed by atoms with Crippen molar-refractivity contribution in [3.8, 4) is 127 Å². The molecule has 16 heteroatoms. The number of ether oxygens (including phenoxy) is 6. The van der Waals surface area contributed by atoms with E-state index in [1.165, 1.54) is 33.4 Å². The van der Waals surface area contributed by atoms with Crippen molar-refractivity contribution in [3.05, 3.63) is 239 Å². The molecule has 0 atom stereocenters. The highest BCUT2D eigenvalue weighted by atomic mass is 16.5. The molecule has 0 fully saturated rings. The van der Waals surface area contributed by atoms with Gasteiger partial charge in [0.25, 0.3) is 0 Å². The standard InChI is InChI=1S/C118H136N10O6/c1-107(2,3)65-113(19,20)73-31-43-79(44-32-73)129-93-57-87-89(59-95(93)131-81-47-35-75(36-48-81)115(23,24)67-109(7,8)9)103-124-101(87)122-99-85-55-71(63-119)72(64-120)56-86(85)100(121-99)123-102-88-58-94(130-80-45-33-74(34-46-80)114(21,22)66-108(4,5)6)96(132-82-49-37-76(38-50-82)116(25,26)68-110(10,11)12)60-90(88)104(125-102)127-106-92-62-98(134-84-53-41-78(42-54-84)118(29,30)70-112(16,17)18)97(61-91(92)105(126-103)128-106)133-83-51-39-77(40-52-83)117(27,28)69-111(13,14)15/h31-62H,65-70H2,1-30H3,(H2,121,122,123,124,125,126,127,128). The number of hydrogen-bond donors (Lipinski definition) is 2. The van der Waals surface area contributed by atoms with E-state index in [0.717, 1.165) is 38.5 Å². The summed E-state index contributed by atoms with van der Waals surface area (Å²) in [6, 6.07) is 69.6. The molecule has 0 radical (unpaired) electrons. The summed E-state index contributed by atoms with van der Waals surface area (Å²) in [5.41, 5.74) is 10.3. The predicted molar refractivity (Wildman–Crippen MR) is 547 cm³/mol. The van der Waals surface area contributed by atoms with E-state index in [1.54, 1.807) is 12.1 Å². The van der Waals surface area contributed by atoms with E-state index in [-0.39, 0.29) is 111 Å². The number of hydrogen-bond acceptors (Lipinski definition) is 14. The molecule has 0 saturated heterocycles. The summed E-state index contributed by atoms with van der Waals surface area (Å²) >= 11 is 0. The number of benzene rings is 10. The highest BCUT2D eigenvalue weighted by Crippen LogP contribution is 2.53. The monoisotopic (exact) mass is 1790 g/mol. The van der Waals surface area contributed by atoms with Crippen molar-refractivity contribution in [2.75, 3.05) is 0 Å². The van der Waals surface area contributed by atoms with Crippen LogP contribution in [-0.2, 0) is 32.5 Å². The smallest absolute Gasteiger partial charge is 0.170 e. The Morgan fingerprint density at radius 1 is 0.216 bits per heavy atom. The fraction of sp³-hybridized carbons (Fsp3) is 0.407. The lowest BCUT2D eigenvalue weighted by Crippen LogP contribution is -2.24. The molecule has 0 spiro atoms. The maximum atomic E-state index is 10.9. The molecule has 694 valence electrons. The second kappa shape index (κ2) is 35.0. The van der Waals surface area contributed by atoms with Crippen LogP contribution in [0.1, 0.15) is 291 Å². The highest BCUT2D eigenvalue weighted by Gasteiger charge is 2.37.